The molecular weight excluding hydrogens is 1110 g/mol. The highest BCUT2D eigenvalue weighted by Crippen LogP contribution is 2.35. The lowest BCUT2D eigenvalue weighted by molar-refractivity contribution is -0.0489. The van der Waals surface area contributed by atoms with E-state index in [1.165, 1.54) is 76.8 Å². The molecule has 12 rings (SSSR count). The number of nitrogens with one attached hydrogen (secondary N) is 3. The fraction of sp³-hybridized carbons (Fsp3) is 0.315. The van der Waals surface area contributed by atoms with E-state index in [1.807, 2.05) is 0 Å². The number of carbonyl (C=O) groups is 3. The molecule has 3 unspecified atom stereocenters. The van der Waals surface area contributed by atoms with Gasteiger partial charge in [-0.05, 0) is 66.7 Å². The molecule has 446 valence electrons. The van der Waals surface area contributed by atoms with Crippen LogP contribution in [-0.4, -0.2) is 184 Å². The van der Waals surface area contributed by atoms with Crippen molar-refractivity contribution in [3.05, 3.63) is 145 Å². The van der Waals surface area contributed by atoms with Crippen molar-refractivity contribution in [3.8, 4) is 5.75 Å². The molecule has 3 aliphatic heterocycles. The number of methoxy groups -OCH3 is 1. The third kappa shape index (κ3) is 12.2. The van der Waals surface area contributed by atoms with Crippen LogP contribution in [0.4, 0.5) is 21.6 Å². The van der Waals surface area contributed by atoms with Crippen LogP contribution in [0.2, 0.25) is 0 Å². The average molecular weight is 1170 g/mol. The summed E-state index contributed by atoms with van der Waals surface area (Å²) < 4.78 is 40.0. The minimum absolute atomic E-state index is 0. The van der Waals surface area contributed by atoms with Gasteiger partial charge in [0.1, 0.15) is 71.1 Å². The molecule has 9 aromatic rings. The van der Waals surface area contributed by atoms with E-state index in [0.717, 1.165) is 12.1 Å². The highest BCUT2D eigenvalue weighted by Gasteiger charge is 2.48. The summed E-state index contributed by atoms with van der Waals surface area (Å²) in [6.07, 6.45) is 2.85. The number of carbonyl (C=O) groups excluding carboxylic acids is 3. The number of rotatable bonds is 13. The number of imidazole rings is 3. The molecule has 0 saturated carbocycles. The molecule has 0 spiro atoms. The number of fused-ring (bicyclic) bond motifs is 3. The lowest BCUT2D eigenvalue weighted by Gasteiger charge is -2.21. The molecule has 30 nitrogen and oxygen atoms in total. The van der Waals surface area contributed by atoms with Crippen LogP contribution < -0.4 is 37.9 Å². The summed E-state index contributed by atoms with van der Waals surface area (Å²) in [6, 6.07) is 15.5. The Kier molecular flexibility index (Phi) is 18.4. The quantitative estimate of drug-likeness (QED) is 0.0709. The lowest BCUT2D eigenvalue weighted by atomic mass is 10.1. The van der Waals surface area contributed by atoms with E-state index in [2.05, 4.69) is 55.8 Å². The van der Waals surface area contributed by atoms with Gasteiger partial charge in [-0.25, -0.2) is 39.3 Å². The molecule has 3 aliphatic rings. The predicted octanol–water partition coefficient (Wildman–Crippen LogP) is -0.238. The molecule has 0 bridgehead atoms. The fourth-order valence-electron chi connectivity index (χ4n) is 9.82. The van der Waals surface area contributed by atoms with Crippen LogP contribution in [0, 0.1) is 5.82 Å². The maximum Gasteiger partial charge on any atom is 0.253 e. The minimum atomic E-state index is -1.19. The number of amides is 3. The number of halogens is 1. The molecule has 3 amide bonds. The number of aliphatic hydroxyl groups excluding tert-OH is 6. The van der Waals surface area contributed by atoms with Crippen LogP contribution in [0.25, 0.3) is 33.5 Å². The van der Waals surface area contributed by atoms with Crippen LogP contribution >= 0.6 is 0 Å². The van der Waals surface area contributed by atoms with Crippen molar-refractivity contribution in [2.45, 2.75) is 80.9 Å². The summed E-state index contributed by atoms with van der Waals surface area (Å²) >= 11 is 0. The van der Waals surface area contributed by atoms with Crippen molar-refractivity contribution in [1.29, 1.82) is 0 Å². The van der Waals surface area contributed by atoms with Gasteiger partial charge >= 0.3 is 0 Å². The maximum absolute atomic E-state index is 13.0. The second-order valence-corrected chi connectivity index (χ2v) is 19.2. The number of nitrogens with two attached hydrogens (primary N) is 3. The zero-order valence-electron chi connectivity index (χ0n) is 44.2. The molecule has 7 aromatic heterocycles. The predicted molar refractivity (Wildman–Crippen MR) is 299 cm³/mol. The Morgan fingerprint density at radius 1 is 0.565 bits per heavy atom. The van der Waals surface area contributed by atoms with Crippen LogP contribution in [0.1, 0.15) is 57.2 Å². The number of nitrogen functional groups attached to an aromatic ring is 3. The van der Waals surface area contributed by atoms with Gasteiger partial charge in [-0.15, -0.1) is 0 Å². The average Bonchev–Trinajstić information content (AvgIpc) is 3.61. The monoisotopic (exact) mass is 1170 g/mol. The van der Waals surface area contributed by atoms with Gasteiger partial charge in [0.15, 0.2) is 41.4 Å². The zero-order chi connectivity index (χ0) is 59.3. The first kappa shape index (κ1) is 60.2. The van der Waals surface area contributed by atoms with Gasteiger partial charge < -0.3 is 82.7 Å². The summed E-state index contributed by atoms with van der Waals surface area (Å²) in [5, 5.41) is 69.5. The highest BCUT2D eigenvalue weighted by molar-refractivity contribution is 5.96. The first-order valence-corrected chi connectivity index (χ1v) is 25.7. The second-order valence-electron chi connectivity index (χ2n) is 19.2. The third-order valence-electron chi connectivity index (χ3n) is 14.1. The molecule has 3 fully saturated rings. The Hall–Kier alpha value is -9.44. The second kappa shape index (κ2) is 26.0. The number of hydrogen-bond donors (Lipinski definition) is 12. The van der Waals surface area contributed by atoms with E-state index in [0.29, 0.717) is 61.7 Å². The smallest absolute Gasteiger partial charge is 0.253 e. The van der Waals surface area contributed by atoms with Crippen molar-refractivity contribution in [3.63, 3.8) is 0 Å². The normalized spacial score (nSPS) is 24.2. The van der Waals surface area contributed by atoms with Gasteiger partial charge in [-0.1, -0.05) is 13.5 Å². The number of pyridine rings is 3. The molecule has 15 N–H and O–H groups in total. The summed E-state index contributed by atoms with van der Waals surface area (Å²) in [7, 11) is 1.51. The van der Waals surface area contributed by atoms with E-state index in [-0.39, 0.29) is 18.8 Å². The van der Waals surface area contributed by atoms with E-state index in [1.54, 1.807) is 54.7 Å². The van der Waals surface area contributed by atoms with E-state index >= 15 is 0 Å². The molecule has 10 heterocycles. The first-order chi connectivity index (χ1) is 40.6. The topological polar surface area (TPSA) is 442 Å². The third-order valence-corrected chi connectivity index (χ3v) is 14.1. The SMILES string of the molecule is C.COc1cccc(C(=O)NC2[C@@H](CO)O[C@@H](n3cnc4c(N)ccnc43)[C@H]2O)c1.Nc1ccnc2c1ncn2[C@@H]1O[C@H](CO)C(NC(=O)c2ccc(F)cc2)[C@@H]1O.Nc1ncnc2c1ncn2[C@@H]1O[C@H](CO)C(NC(=O)c2cccnc2)[C@@H]1O. The number of hydrogen-bond acceptors (Lipinski definition) is 24. The number of anilines is 3. The lowest BCUT2D eigenvalue weighted by Crippen LogP contribution is -2.48. The Labute approximate surface area is 481 Å². The first-order valence-electron chi connectivity index (χ1n) is 25.7. The van der Waals surface area contributed by atoms with E-state index < -0.39 is 117 Å². The number of aromatic nitrogens is 11. The largest absolute Gasteiger partial charge is 0.497 e. The van der Waals surface area contributed by atoms with Crippen molar-refractivity contribution in [1.82, 2.24) is 69.5 Å². The van der Waals surface area contributed by atoms with Crippen molar-refractivity contribution >= 4 is 68.4 Å². The molecule has 3 saturated heterocycles. The van der Waals surface area contributed by atoms with Crippen molar-refractivity contribution < 1.29 is 68.4 Å². The van der Waals surface area contributed by atoms with Gasteiger partial charge in [0.05, 0.1) is 81.0 Å². The molecule has 12 atom stereocenters. The van der Waals surface area contributed by atoms with Crippen LogP contribution in [-0.2, 0) is 14.2 Å². The Balaban J connectivity index is 0.000000152. The van der Waals surface area contributed by atoms with Gasteiger partial charge in [0.25, 0.3) is 17.7 Å². The van der Waals surface area contributed by atoms with E-state index in [9.17, 15) is 49.4 Å². The molecule has 0 radical (unpaired) electrons. The fourth-order valence-corrected chi connectivity index (χ4v) is 9.82. The standard InChI is InChI=1S/C19H21N5O5.C18H18FN5O4.C16H17N7O4.CH4/c1-28-11-4-2-3-10(7-11)18(27)23-15-13(8-25)29-19(16(15)26)24-9-22-14-12(20)5-6-21-17(14)24;19-10-3-1-9(2-4-10)17(27)23-14-12(7-25)28-18(15(14)26)24-8-22-13-11(20)5-6-21-16(13)24;17-13-11-14(20-6-19-13)23(7-21-11)16-12(25)10(9(5-24)27-16)22-15(26)8-2-1-3-18-4-8;/h2-7,9,13,15-16,19,25-26H,8H2,1H3,(H2,20,21)(H,23,27);1-6,8,12,14-15,18,25-26H,7H2,(H2,20,21)(H,23,27);1-4,6-7,9-10,12,16,24-25H,5H2,(H,22,26)(H2,17,19,20);1H4/t13-,15?,16+,19-;12-,14?,15+,18-;9-,10?,12+,16-;/m111./s1. The van der Waals surface area contributed by atoms with Crippen LogP contribution in [0.15, 0.2) is 123 Å². The van der Waals surface area contributed by atoms with Crippen molar-refractivity contribution in [2.24, 2.45) is 0 Å². The molecular formula is C54H60FN17O13. The maximum atomic E-state index is 13.0. The van der Waals surface area contributed by atoms with Gasteiger partial charge in [0, 0.05) is 35.9 Å². The minimum Gasteiger partial charge on any atom is -0.497 e. The van der Waals surface area contributed by atoms with Gasteiger partial charge in [-0.3, -0.25) is 33.1 Å². The van der Waals surface area contributed by atoms with E-state index in [4.69, 9.17) is 36.1 Å². The van der Waals surface area contributed by atoms with Crippen LogP contribution in [0.3, 0.4) is 0 Å². The van der Waals surface area contributed by atoms with Crippen molar-refractivity contribution in [2.75, 3.05) is 44.1 Å². The molecule has 2 aromatic carbocycles. The number of aliphatic hydroxyl groups is 6. The Morgan fingerprint density at radius 2 is 1.01 bits per heavy atom. The summed E-state index contributed by atoms with van der Waals surface area (Å²) in [6.45, 7) is -1.21. The summed E-state index contributed by atoms with van der Waals surface area (Å²) in [5.74, 6) is -1.11. The van der Waals surface area contributed by atoms with Gasteiger partial charge in [-0.2, -0.15) is 0 Å². The van der Waals surface area contributed by atoms with Gasteiger partial charge in [0.2, 0.25) is 0 Å². The Bertz CT molecular complexity index is 3790. The highest BCUT2D eigenvalue weighted by atomic mass is 19.1. The summed E-state index contributed by atoms with van der Waals surface area (Å²) in [4.78, 5) is 70.4. The van der Waals surface area contributed by atoms with Crippen LogP contribution in [0.5, 0.6) is 5.75 Å². The molecule has 0 aliphatic carbocycles. The Morgan fingerprint density at radius 3 is 1.47 bits per heavy atom. The number of nitrogens with zero attached hydrogens (tertiary/aromatic N) is 11. The number of benzene rings is 2. The molecule has 85 heavy (non-hydrogen) atoms. The number of ether oxygens (including phenoxy) is 4. The molecule has 31 heteroatoms. The summed E-state index contributed by atoms with van der Waals surface area (Å²) in [5.41, 5.74) is 21.9. The zero-order valence-corrected chi connectivity index (χ0v) is 44.2.